The summed E-state index contributed by atoms with van der Waals surface area (Å²) in [5, 5.41) is 14.0. The van der Waals surface area contributed by atoms with Gasteiger partial charge in [0, 0.05) is 34.3 Å². The molecule has 0 radical (unpaired) electrons. The molecule has 6 aromatic rings. The van der Waals surface area contributed by atoms with E-state index in [1.165, 1.54) is 0 Å². The van der Waals surface area contributed by atoms with Gasteiger partial charge in [-0.1, -0.05) is 60.7 Å². The van der Waals surface area contributed by atoms with Crippen molar-refractivity contribution < 1.29 is 30.9 Å². The Morgan fingerprint density at radius 2 is 1.26 bits per heavy atom. The van der Waals surface area contributed by atoms with Crippen LogP contribution in [0, 0.1) is 12.1 Å². The number of hydrogen-bond acceptors (Lipinski definition) is 4. The first-order valence-electron chi connectivity index (χ1n) is 12.2. The second-order valence-corrected chi connectivity index (χ2v) is 8.94. The van der Waals surface area contributed by atoms with Crippen molar-refractivity contribution in [3.05, 3.63) is 126 Å². The first-order chi connectivity index (χ1) is 18.2. The molecule has 0 atom stereocenters. The van der Waals surface area contributed by atoms with Gasteiger partial charge in [0.15, 0.2) is 0 Å². The first kappa shape index (κ1) is 25.8. The van der Waals surface area contributed by atoms with Crippen molar-refractivity contribution in [1.29, 1.82) is 0 Å². The van der Waals surface area contributed by atoms with Gasteiger partial charge in [-0.2, -0.15) is 0 Å². The number of hydrogen-bond donors (Lipinski definition) is 1. The van der Waals surface area contributed by atoms with Crippen LogP contribution < -0.4 is 4.74 Å². The fraction of sp³-hybridized carbons (Fsp3) is 0.0909. The number of fused-ring (bicyclic) bond motifs is 2. The average Bonchev–Trinajstić information content (AvgIpc) is 2.97. The second kappa shape index (κ2) is 11.3. The predicted octanol–water partition coefficient (Wildman–Crippen LogP) is 6.81. The molecule has 0 aliphatic rings. The Balaban J connectivity index is 0.00000294. The maximum absolute atomic E-state index is 9.63. The van der Waals surface area contributed by atoms with Crippen LogP contribution in [0.15, 0.2) is 97.1 Å². The maximum Gasteiger partial charge on any atom is 2.00 e. The van der Waals surface area contributed by atoms with Gasteiger partial charge >= 0.3 is 21.1 Å². The summed E-state index contributed by atoms with van der Waals surface area (Å²) in [6.45, 7) is -0.0217. The molecule has 1 N–H and O–H groups in total. The number of aliphatic hydroxyl groups is 1. The number of pyridine rings is 2. The number of ether oxygens (including phenoxy) is 1. The van der Waals surface area contributed by atoms with Gasteiger partial charge in [-0.3, -0.25) is 0 Å². The molecule has 0 fully saturated rings. The third kappa shape index (κ3) is 5.11. The molecule has 6 rings (SSSR count). The van der Waals surface area contributed by atoms with E-state index >= 15 is 0 Å². The van der Waals surface area contributed by atoms with E-state index in [1.54, 1.807) is 7.11 Å². The molecule has 5 heteroatoms. The van der Waals surface area contributed by atoms with Crippen LogP contribution in [0.1, 0.15) is 17.0 Å². The van der Waals surface area contributed by atoms with Crippen LogP contribution in [-0.4, -0.2) is 22.2 Å². The average molecular weight is 676 g/mol. The number of rotatable bonds is 6. The van der Waals surface area contributed by atoms with Crippen LogP contribution in [0.25, 0.3) is 44.1 Å². The molecule has 0 aliphatic heterocycles. The molecular formula is C33H24N2O2Pt. The van der Waals surface area contributed by atoms with E-state index in [4.69, 9.17) is 14.7 Å². The molecule has 4 aromatic carbocycles. The topological polar surface area (TPSA) is 55.2 Å². The van der Waals surface area contributed by atoms with Gasteiger partial charge in [0.25, 0.3) is 0 Å². The molecule has 0 amide bonds. The van der Waals surface area contributed by atoms with Gasteiger partial charge in [-0.15, -0.1) is 65.2 Å². The molecule has 4 nitrogen and oxygen atoms in total. The number of methoxy groups -OCH3 is 1. The van der Waals surface area contributed by atoms with Crippen molar-refractivity contribution in [3.8, 4) is 28.3 Å². The van der Waals surface area contributed by atoms with Gasteiger partial charge in [0.05, 0.1) is 13.7 Å². The fourth-order valence-corrected chi connectivity index (χ4v) is 4.73. The van der Waals surface area contributed by atoms with E-state index in [0.717, 1.165) is 66.8 Å². The van der Waals surface area contributed by atoms with Crippen molar-refractivity contribution in [2.45, 2.75) is 13.0 Å². The molecule has 188 valence electrons. The minimum Gasteiger partial charge on any atom is -0.516 e. The minimum atomic E-state index is -0.0217. The summed E-state index contributed by atoms with van der Waals surface area (Å²) in [5.41, 5.74) is 6.14. The molecule has 0 saturated carbocycles. The van der Waals surface area contributed by atoms with E-state index < -0.39 is 0 Å². The Morgan fingerprint density at radius 3 is 1.84 bits per heavy atom. The van der Waals surface area contributed by atoms with Gasteiger partial charge in [0.2, 0.25) is 0 Å². The van der Waals surface area contributed by atoms with Crippen LogP contribution in [-0.2, 0) is 34.1 Å². The number of nitrogens with zero attached hydrogens (tertiary/aromatic N) is 2. The number of benzene rings is 4. The molecule has 0 saturated heterocycles. The van der Waals surface area contributed by atoms with Crippen molar-refractivity contribution in [2.75, 3.05) is 7.11 Å². The van der Waals surface area contributed by atoms with Gasteiger partial charge in [-0.25, -0.2) is 0 Å². The van der Waals surface area contributed by atoms with Gasteiger partial charge < -0.3 is 19.8 Å². The smallest absolute Gasteiger partial charge is 0.516 e. The zero-order valence-electron chi connectivity index (χ0n) is 20.7. The summed E-state index contributed by atoms with van der Waals surface area (Å²) in [7, 11) is 1.66. The van der Waals surface area contributed by atoms with Crippen LogP contribution >= 0.6 is 0 Å². The maximum atomic E-state index is 9.63. The monoisotopic (exact) mass is 675 g/mol. The van der Waals surface area contributed by atoms with Crippen LogP contribution in [0.3, 0.4) is 0 Å². The van der Waals surface area contributed by atoms with E-state index in [1.807, 2.05) is 60.7 Å². The van der Waals surface area contributed by atoms with E-state index in [9.17, 15) is 5.11 Å². The summed E-state index contributed by atoms with van der Waals surface area (Å²) in [4.78, 5) is 10.2. The van der Waals surface area contributed by atoms with E-state index in [0.29, 0.717) is 6.42 Å². The summed E-state index contributed by atoms with van der Waals surface area (Å²) in [5.74, 6) is 0.770. The summed E-state index contributed by atoms with van der Waals surface area (Å²) in [6, 6.07) is 38.7. The van der Waals surface area contributed by atoms with Crippen LogP contribution in [0.5, 0.6) is 5.75 Å². The number of aliphatic hydroxyl groups excluding tert-OH is 1. The molecule has 0 bridgehead atoms. The van der Waals surface area contributed by atoms with Crippen molar-refractivity contribution in [3.63, 3.8) is 0 Å². The zero-order chi connectivity index (χ0) is 25.2. The predicted molar refractivity (Wildman–Crippen MR) is 147 cm³/mol. The zero-order valence-corrected chi connectivity index (χ0v) is 23.0. The SMILES string of the molecule is COc1cc[c-]c(-c2cc3ccccc3c(Cc3nc(-c4[c-]ccc(CO)c4)cc4ccccc34)n2)c1.[Pt+2]. The van der Waals surface area contributed by atoms with Crippen molar-refractivity contribution >= 4 is 21.5 Å². The Hall–Kier alpha value is -3.85. The van der Waals surface area contributed by atoms with Gasteiger partial charge in [-0.05, 0) is 22.2 Å². The van der Waals surface area contributed by atoms with Crippen LogP contribution in [0.4, 0.5) is 0 Å². The molecule has 0 spiro atoms. The standard InChI is InChI=1S/C33H24N2O2.Pt/c1-37-27-13-7-12-26(17-27)31-19-24-10-3-5-15-29(24)33(35-31)20-32-28-14-4-2-9-23(28)18-30(34-32)25-11-6-8-22(16-25)21-36;/h2-10,13-19,36H,20-21H2,1H3;/q-2;+2. The summed E-state index contributed by atoms with van der Waals surface area (Å²) >= 11 is 0. The Kier molecular flexibility index (Phi) is 7.64. The van der Waals surface area contributed by atoms with Gasteiger partial charge in [0.1, 0.15) is 0 Å². The normalized spacial score (nSPS) is 10.9. The van der Waals surface area contributed by atoms with E-state index in [-0.39, 0.29) is 27.7 Å². The Bertz CT molecular complexity index is 1620. The Labute approximate surface area is 236 Å². The molecule has 38 heavy (non-hydrogen) atoms. The molecule has 0 unspecified atom stereocenters. The molecule has 0 aliphatic carbocycles. The molecular weight excluding hydrogens is 651 g/mol. The second-order valence-electron chi connectivity index (χ2n) is 8.94. The first-order valence-corrected chi connectivity index (χ1v) is 12.2. The third-order valence-electron chi connectivity index (χ3n) is 6.58. The number of aromatic nitrogens is 2. The fourth-order valence-electron chi connectivity index (χ4n) is 4.73. The summed E-state index contributed by atoms with van der Waals surface area (Å²) in [6.07, 6.45) is 0.562. The van der Waals surface area contributed by atoms with Crippen LogP contribution in [0.2, 0.25) is 0 Å². The molecule has 2 heterocycles. The summed E-state index contributed by atoms with van der Waals surface area (Å²) < 4.78 is 5.43. The molecule has 2 aromatic heterocycles. The van der Waals surface area contributed by atoms with Crippen molar-refractivity contribution in [2.24, 2.45) is 0 Å². The quantitative estimate of drug-likeness (QED) is 0.197. The minimum absolute atomic E-state index is 0. The van der Waals surface area contributed by atoms with E-state index in [2.05, 4.69) is 48.5 Å². The Morgan fingerprint density at radius 1 is 0.711 bits per heavy atom. The largest absolute Gasteiger partial charge is 2.00 e. The third-order valence-corrected chi connectivity index (χ3v) is 6.58. The van der Waals surface area contributed by atoms with Crippen molar-refractivity contribution in [1.82, 2.24) is 9.97 Å².